The highest BCUT2D eigenvalue weighted by molar-refractivity contribution is 5.78. The predicted molar refractivity (Wildman–Crippen MR) is 30.2 cm³/mol. The fourth-order valence-corrected chi connectivity index (χ4v) is 0.484. The number of rotatable bonds is 1. The van der Waals surface area contributed by atoms with Gasteiger partial charge in [0.15, 0.2) is 0 Å². The maximum absolute atomic E-state index is 7.99. The van der Waals surface area contributed by atoms with Crippen molar-refractivity contribution >= 4 is 6.21 Å². The van der Waals surface area contributed by atoms with Gasteiger partial charge >= 0.3 is 0 Å². The maximum Gasteiger partial charge on any atom is 0.0748 e. The molecule has 42 valence electrons. The van der Waals surface area contributed by atoms with Gasteiger partial charge in [0.2, 0.25) is 0 Å². The lowest BCUT2D eigenvalue weighted by Gasteiger charge is -1.73. The van der Waals surface area contributed by atoms with E-state index in [-0.39, 0.29) is 0 Å². The first-order valence-corrected chi connectivity index (χ1v) is 2.23. The lowest BCUT2D eigenvalue weighted by Crippen LogP contribution is -1.70. The van der Waals surface area contributed by atoms with Crippen LogP contribution in [0.2, 0.25) is 0 Å². The molecule has 0 saturated carbocycles. The van der Waals surface area contributed by atoms with Crippen molar-refractivity contribution in [2.75, 3.05) is 0 Å². The first-order chi connectivity index (χ1) is 3.93. The van der Waals surface area contributed by atoms with Crippen LogP contribution in [0.3, 0.4) is 0 Å². The van der Waals surface area contributed by atoms with Crippen LogP contribution in [-0.4, -0.2) is 16.4 Å². The number of nitrogens with one attached hydrogen (secondary N) is 1. The quantitative estimate of drug-likeness (QED) is 0.314. The van der Waals surface area contributed by atoms with Crippen molar-refractivity contribution in [3.05, 3.63) is 24.0 Å². The van der Waals surface area contributed by atoms with E-state index in [4.69, 9.17) is 5.21 Å². The normalized spacial score (nSPS) is 10.5. The molecule has 0 aliphatic rings. The Morgan fingerprint density at radius 3 is 3.12 bits per heavy atom. The number of oxime groups is 1. The van der Waals surface area contributed by atoms with E-state index in [9.17, 15) is 0 Å². The van der Waals surface area contributed by atoms with Crippen molar-refractivity contribution in [2.24, 2.45) is 5.16 Å². The Morgan fingerprint density at radius 1 is 1.75 bits per heavy atom. The number of aromatic nitrogens is 1. The average Bonchev–Trinajstić information content (AvgIpc) is 2.19. The summed E-state index contributed by atoms with van der Waals surface area (Å²) in [5, 5.41) is 10.8. The van der Waals surface area contributed by atoms with Crippen LogP contribution in [0.25, 0.3) is 0 Å². The molecule has 0 saturated heterocycles. The smallest absolute Gasteiger partial charge is 0.0748 e. The zero-order valence-electron chi connectivity index (χ0n) is 4.20. The summed E-state index contributed by atoms with van der Waals surface area (Å²) >= 11 is 0. The molecule has 2 N–H and O–H groups in total. The summed E-state index contributed by atoms with van der Waals surface area (Å²) in [6, 6.07) is 1.81. The van der Waals surface area contributed by atoms with Gasteiger partial charge in [-0.3, -0.25) is 0 Å². The Labute approximate surface area is 46.6 Å². The summed E-state index contributed by atoms with van der Waals surface area (Å²) < 4.78 is 0. The summed E-state index contributed by atoms with van der Waals surface area (Å²) in [5.74, 6) is 0. The largest absolute Gasteiger partial charge is 0.411 e. The van der Waals surface area contributed by atoms with E-state index in [2.05, 4.69) is 10.1 Å². The van der Waals surface area contributed by atoms with Crippen molar-refractivity contribution in [1.29, 1.82) is 0 Å². The molecule has 1 heterocycles. The van der Waals surface area contributed by atoms with Crippen molar-refractivity contribution in [2.45, 2.75) is 0 Å². The van der Waals surface area contributed by atoms with Crippen molar-refractivity contribution < 1.29 is 5.21 Å². The number of H-pyrrole nitrogens is 1. The van der Waals surface area contributed by atoms with Gasteiger partial charge in [-0.1, -0.05) is 5.16 Å². The highest BCUT2D eigenvalue weighted by Crippen LogP contribution is 1.89. The van der Waals surface area contributed by atoms with Crippen molar-refractivity contribution in [3.8, 4) is 0 Å². The molecule has 3 heteroatoms. The molecule has 0 unspecified atom stereocenters. The molecule has 0 amide bonds. The topological polar surface area (TPSA) is 48.4 Å². The molecule has 0 aromatic carbocycles. The predicted octanol–water partition coefficient (Wildman–Crippen LogP) is 0.823. The SMILES string of the molecule is O/N=C/c1cc[nH]c1. The van der Waals surface area contributed by atoms with Gasteiger partial charge in [0, 0.05) is 18.0 Å². The van der Waals surface area contributed by atoms with Crippen LogP contribution in [-0.2, 0) is 0 Å². The summed E-state index contributed by atoms with van der Waals surface area (Å²) in [6.07, 6.45) is 4.85. The van der Waals surface area contributed by atoms with E-state index in [1.165, 1.54) is 6.21 Å². The summed E-state index contributed by atoms with van der Waals surface area (Å²) in [7, 11) is 0. The molecule has 1 aromatic heterocycles. The highest BCUT2D eigenvalue weighted by Gasteiger charge is 1.81. The molecule has 0 aliphatic carbocycles. The van der Waals surface area contributed by atoms with E-state index in [0.717, 1.165) is 5.56 Å². The van der Waals surface area contributed by atoms with E-state index >= 15 is 0 Å². The third-order valence-corrected chi connectivity index (χ3v) is 0.829. The van der Waals surface area contributed by atoms with Crippen LogP contribution >= 0.6 is 0 Å². The Kier molecular flexibility index (Phi) is 1.32. The molecule has 8 heavy (non-hydrogen) atoms. The van der Waals surface area contributed by atoms with Gasteiger partial charge in [-0.05, 0) is 6.07 Å². The van der Waals surface area contributed by atoms with Gasteiger partial charge in [0.1, 0.15) is 0 Å². The number of nitrogens with zero attached hydrogens (tertiary/aromatic N) is 1. The molecule has 1 aromatic rings. The molecule has 0 spiro atoms. The fraction of sp³-hybridized carbons (Fsp3) is 0. The van der Waals surface area contributed by atoms with E-state index in [1.807, 2.05) is 0 Å². The number of aromatic amines is 1. The first kappa shape index (κ1) is 4.90. The fourth-order valence-electron chi connectivity index (χ4n) is 0.484. The number of hydrogen-bond acceptors (Lipinski definition) is 2. The van der Waals surface area contributed by atoms with E-state index < -0.39 is 0 Å². The van der Waals surface area contributed by atoms with Crippen molar-refractivity contribution in [1.82, 2.24) is 4.98 Å². The Hall–Kier alpha value is -1.25. The minimum Gasteiger partial charge on any atom is -0.411 e. The summed E-state index contributed by atoms with van der Waals surface area (Å²) in [4.78, 5) is 2.81. The Bertz CT molecular complexity index is 167. The van der Waals surface area contributed by atoms with Crippen LogP contribution < -0.4 is 0 Å². The van der Waals surface area contributed by atoms with E-state index in [1.54, 1.807) is 18.5 Å². The second kappa shape index (κ2) is 2.16. The van der Waals surface area contributed by atoms with Crippen LogP contribution in [0, 0.1) is 0 Å². The van der Waals surface area contributed by atoms with Crippen LogP contribution in [0.1, 0.15) is 5.56 Å². The minimum absolute atomic E-state index is 0.868. The van der Waals surface area contributed by atoms with Gasteiger partial charge in [0.05, 0.1) is 6.21 Å². The molecule has 0 fully saturated rings. The van der Waals surface area contributed by atoms with Crippen LogP contribution in [0.15, 0.2) is 23.6 Å². The Balaban J connectivity index is 2.77. The third kappa shape index (κ3) is 0.872. The van der Waals surface area contributed by atoms with Gasteiger partial charge in [-0.15, -0.1) is 0 Å². The molecule has 0 aliphatic heterocycles. The first-order valence-electron chi connectivity index (χ1n) is 2.23. The highest BCUT2D eigenvalue weighted by atomic mass is 16.4. The van der Waals surface area contributed by atoms with E-state index in [0.29, 0.717) is 0 Å². The molecule has 0 radical (unpaired) electrons. The van der Waals surface area contributed by atoms with Gasteiger partial charge in [0.25, 0.3) is 0 Å². The number of hydrogen-bond donors (Lipinski definition) is 2. The molecule has 0 bridgehead atoms. The second-order valence-corrected chi connectivity index (χ2v) is 1.39. The Morgan fingerprint density at radius 2 is 2.62 bits per heavy atom. The molecule has 3 nitrogen and oxygen atoms in total. The van der Waals surface area contributed by atoms with Gasteiger partial charge < -0.3 is 10.2 Å². The second-order valence-electron chi connectivity index (χ2n) is 1.39. The van der Waals surface area contributed by atoms with Crippen LogP contribution in [0.5, 0.6) is 0 Å². The average molecular weight is 110 g/mol. The zero-order valence-corrected chi connectivity index (χ0v) is 4.20. The summed E-state index contributed by atoms with van der Waals surface area (Å²) in [5.41, 5.74) is 0.868. The summed E-state index contributed by atoms with van der Waals surface area (Å²) in [6.45, 7) is 0. The van der Waals surface area contributed by atoms with Gasteiger partial charge in [-0.2, -0.15) is 0 Å². The molecular formula is C5H6N2O. The zero-order chi connectivity index (χ0) is 5.82. The molecule has 1 rings (SSSR count). The maximum atomic E-state index is 7.99. The molecular weight excluding hydrogens is 104 g/mol. The van der Waals surface area contributed by atoms with Crippen LogP contribution in [0.4, 0.5) is 0 Å². The van der Waals surface area contributed by atoms with Crippen molar-refractivity contribution in [3.63, 3.8) is 0 Å². The monoisotopic (exact) mass is 110 g/mol. The molecule has 0 atom stereocenters. The lowest BCUT2D eigenvalue weighted by molar-refractivity contribution is 0.322. The van der Waals surface area contributed by atoms with Gasteiger partial charge in [-0.25, -0.2) is 0 Å². The standard InChI is InChI=1S/C5H6N2O/c8-7-4-5-1-2-6-3-5/h1-4,6,8H/b7-4+. The lowest BCUT2D eigenvalue weighted by atomic mass is 10.4. The third-order valence-electron chi connectivity index (χ3n) is 0.829. The minimum atomic E-state index is 0.868.